The van der Waals surface area contributed by atoms with E-state index >= 15 is 0 Å². The Hall–Kier alpha value is -2.85. The standard InChI is InChI=1S/C27H28O3S/c1-3-27(19-28,20-29)15-14-23-12-13-26(16-21(23)2)31-25-11-7-10-24(17-25)30-18-22-8-5-4-6-9-22/h4-13,16-17,19-20H,3,14-15,18H2,1-2H3. The van der Waals surface area contributed by atoms with Crippen LogP contribution in [0.4, 0.5) is 0 Å². The zero-order chi connectivity index (χ0) is 22.1. The number of hydrogen-bond acceptors (Lipinski definition) is 4. The Labute approximate surface area is 188 Å². The molecule has 3 aromatic carbocycles. The lowest BCUT2D eigenvalue weighted by atomic mass is 9.82. The van der Waals surface area contributed by atoms with Gasteiger partial charge in [-0.3, -0.25) is 0 Å². The van der Waals surface area contributed by atoms with Crippen LogP contribution in [0.1, 0.15) is 36.5 Å². The molecule has 31 heavy (non-hydrogen) atoms. The molecule has 0 fully saturated rings. The maximum atomic E-state index is 11.4. The number of carbonyl (C=O) groups excluding carboxylic acids is 2. The summed E-state index contributed by atoms with van der Waals surface area (Å²) in [4.78, 5) is 25.0. The number of rotatable bonds is 11. The van der Waals surface area contributed by atoms with Crippen molar-refractivity contribution in [3.05, 3.63) is 89.5 Å². The molecular formula is C27H28O3S. The lowest BCUT2D eigenvalue weighted by Gasteiger charge is -2.19. The zero-order valence-corrected chi connectivity index (χ0v) is 18.9. The summed E-state index contributed by atoms with van der Waals surface area (Å²) in [5.74, 6) is 0.848. The number of aldehydes is 2. The third-order valence-electron chi connectivity index (χ3n) is 5.59. The number of ether oxygens (including phenoxy) is 1. The molecule has 3 nitrogen and oxygen atoms in total. The molecule has 0 saturated carbocycles. The highest BCUT2D eigenvalue weighted by atomic mass is 32.2. The summed E-state index contributed by atoms with van der Waals surface area (Å²) >= 11 is 1.69. The van der Waals surface area contributed by atoms with Gasteiger partial charge in [-0.2, -0.15) is 0 Å². The first-order valence-corrected chi connectivity index (χ1v) is 11.4. The molecule has 0 aliphatic carbocycles. The summed E-state index contributed by atoms with van der Waals surface area (Å²) in [5, 5.41) is 0. The first-order chi connectivity index (χ1) is 15.1. The molecule has 0 unspecified atom stereocenters. The molecule has 0 radical (unpaired) electrons. The van der Waals surface area contributed by atoms with Crippen LogP contribution in [-0.2, 0) is 22.6 Å². The van der Waals surface area contributed by atoms with Crippen LogP contribution in [-0.4, -0.2) is 12.6 Å². The van der Waals surface area contributed by atoms with Gasteiger partial charge in [0, 0.05) is 9.79 Å². The van der Waals surface area contributed by atoms with Gasteiger partial charge in [-0.05, 0) is 73.2 Å². The summed E-state index contributed by atoms with van der Waals surface area (Å²) < 4.78 is 5.94. The Balaban J connectivity index is 1.63. The summed E-state index contributed by atoms with van der Waals surface area (Å²) in [6.45, 7) is 4.50. The van der Waals surface area contributed by atoms with Crippen LogP contribution in [0.3, 0.4) is 0 Å². The van der Waals surface area contributed by atoms with Crippen molar-refractivity contribution in [1.82, 2.24) is 0 Å². The largest absolute Gasteiger partial charge is 0.489 e. The molecule has 0 amide bonds. The Morgan fingerprint density at radius 3 is 2.32 bits per heavy atom. The smallest absolute Gasteiger partial charge is 0.133 e. The molecule has 3 aromatic rings. The molecule has 0 atom stereocenters. The maximum Gasteiger partial charge on any atom is 0.133 e. The molecule has 0 spiro atoms. The van der Waals surface area contributed by atoms with E-state index in [2.05, 4.69) is 49.4 Å². The second kappa shape index (κ2) is 11.0. The minimum Gasteiger partial charge on any atom is -0.489 e. The van der Waals surface area contributed by atoms with Crippen LogP contribution in [0.25, 0.3) is 0 Å². The van der Waals surface area contributed by atoms with E-state index in [4.69, 9.17) is 4.74 Å². The quantitative estimate of drug-likeness (QED) is 0.258. The monoisotopic (exact) mass is 432 g/mol. The summed E-state index contributed by atoms with van der Waals surface area (Å²) in [5.41, 5.74) is 2.62. The van der Waals surface area contributed by atoms with E-state index in [1.165, 1.54) is 11.1 Å². The lowest BCUT2D eigenvalue weighted by molar-refractivity contribution is -0.126. The average Bonchev–Trinajstić information content (AvgIpc) is 2.81. The van der Waals surface area contributed by atoms with Crippen molar-refractivity contribution in [3.8, 4) is 5.75 Å². The molecule has 0 bridgehead atoms. The third-order valence-corrected chi connectivity index (χ3v) is 6.57. The number of aryl methyl sites for hydroxylation is 2. The fraction of sp³-hybridized carbons (Fsp3) is 0.259. The summed E-state index contributed by atoms with van der Waals surface area (Å²) in [6, 6.07) is 24.6. The van der Waals surface area contributed by atoms with Crippen molar-refractivity contribution in [3.63, 3.8) is 0 Å². The fourth-order valence-corrected chi connectivity index (χ4v) is 4.34. The number of benzene rings is 3. The SMILES string of the molecule is CCC(C=O)(C=O)CCc1ccc(Sc2cccc(OCc3ccccc3)c2)cc1C. The highest BCUT2D eigenvalue weighted by Gasteiger charge is 2.26. The molecule has 4 heteroatoms. The third kappa shape index (κ3) is 6.31. The van der Waals surface area contributed by atoms with Gasteiger partial charge in [0.25, 0.3) is 0 Å². The van der Waals surface area contributed by atoms with Gasteiger partial charge < -0.3 is 14.3 Å². The van der Waals surface area contributed by atoms with Gasteiger partial charge >= 0.3 is 0 Å². The summed E-state index contributed by atoms with van der Waals surface area (Å²) in [6.07, 6.45) is 3.39. The van der Waals surface area contributed by atoms with E-state index in [9.17, 15) is 9.59 Å². The van der Waals surface area contributed by atoms with Crippen LogP contribution < -0.4 is 4.74 Å². The number of carbonyl (C=O) groups is 2. The highest BCUT2D eigenvalue weighted by molar-refractivity contribution is 7.99. The fourth-order valence-electron chi connectivity index (χ4n) is 3.37. The molecule has 0 aliphatic heterocycles. The molecule has 0 aromatic heterocycles. The summed E-state index contributed by atoms with van der Waals surface area (Å²) in [7, 11) is 0. The van der Waals surface area contributed by atoms with Crippen molar-refractivity contribution in [2.45, 2.75) is 49.5 Å². The van der Waals surface area contributed by atoms with E-state index in [1.807, 2.05) is 37.3 Å². The minimum absolute atomic E-state index is 0.537. The van der Waals surface area contributed by atoms with Crippen LogP contribution in [0, 0.1) is 12.3 Å². The Kier molecular flexibility index (Phi) is 8.07. The van der Waals surface area contributed by atoms with E-state index in [-0.39, 0.29) is 0 Å². The van der Waals surface area contributed by atoms with Crippen LogP contribution >= 0.6 is 11.8 Å². The minimum atomic E-state index is -0.861. The van der Waals surface area contributed by atoms with Gasteiger partial charge in [0.05, 0.1) is 5.41 Å². The molecule has 160 valence electrons. The Bertz CT molecular complexity index is 1010. The van der Waals surface area contributed by atoms with Crippen molar-refractivity contribution >= 4 is 24.3 Å². The molecule has 0 N–H and O–H groups in total. The van der Waals surface area contributed by atoms with Gasteiger partial charge in [0.1, 0.15) is 24.9 Å². The van der Waals surface area contributed by atoms with Crippen molar-refractivity contribution < 1.29 is 14.3 Å². The Morgan fingerprint density at radius 2 is 1.65 bits per heavy atom. The molecule has 3 rings (SSSR count). The maximum absolute atomic E-state index is 11.4. The normalized spacial score (nSPS) is 11.2. The first kappa shape index (κ1) is 22.8. The van der Waals surface area contributed by atoms with E-state index in [0.29, 0.717) is 25.9 Å². The van der Waals surface area contributed by atoms with E-state index in [0.717, 1.165) is 33.7 Å². The van der Waals surface area contributed by atoms with Crippen LogP contribution in [0.2, 0.25) is 0 Å². The van der Waals surface area contributed by atoms with Crippen molar-refractivity contribution in [1.29, 1.82) is 0 Å². The van der Waals surface area contributed by atoms with Crippen molar-refractivity contribution in [2.24, 2.45) is 5.41 Å². The van der Waals surface area contributed by atoms with Gasteiger partial charge in [-0.1, -0.05) is 61.2 Å². The van der Waals surface area contributed by atoms with Gasteiger partial charge in [0.15, 0.2) is 0 Å². The molecule has 0 heterocycles. The second-order valence-electron chi connectivity index (χ2n) is 7.76. The molecule has 0 aliphatic rings. The van der Waals surface area contributed by atoms with E-state index in [1.54, 1.807) is 11.8 Å². The predicted octanol–water partition coefficient (Wildman–Crippen LogP) is 6.45. The predicted molar refractivity (Wildman–Crippen MR) is 126 cm³/mol. The molecular weight excluding hydrogens is 404 g/mol. The van der Waals surface area contributed by atoms with Gasteiger partial charge in [-0.25, -0.2) is 0 Å². The van der Waals surface area contributed by atoms with Gasteiger partial charge in [-0.15, -0.1) is 0 Å². The van der Waals surface area contributed by atoms with Gasteiger partial charge in [0.2, 0.25) is 0 Å². The van der Waals surface area contributed by atoms with E-state index < -0.39 is 5.41 Å². The van der Waals surface area contributed by atoms with Crippen LogP contribution in [0.5, 0.6) is 5.75 Å². The zero-order valence-electron chi connectivity index (χ0n) is 18.0. The Morgan fingerprint density at radius 1 is 0.903 bits per heavy atom. The highest BCUT2D eigenvalue weighted by Crippen LogP contribution is 2.32. The lowest BCUT2D eigenvalue weighted by Crippen LogP contribution is -2.24. The second-order valence-corrected chi connectivity index (χ2v) is 8.91. The first-order valence-electron chi connectivity index (χ1n) is 10.5. The topological polar surface area (TPSA) is 43.4 Å². The molecule has 0 saturated heterocycles. The van der Waals surface area contributed by atoms with Crippen LogP contribution in [0.15, 0.2) is 82.6 Å². The van der Waals surface area contributed by atoms with Crippen molar-refractivity contribution in [2.75, 3.05) is 0 Å². The number of hydrogen-bond donors (Lipinski definition) is 0. The average molecular weight is 433 g/mol.